The van der Waals surface area contributed by atoms with Gasteiger partial charge in [0.05, 0.1) is 17.6 Å². The number of benzene rings is 1. The van der Waals surface area contributed by atoms with Gasteiger partial charge >= 0.3 is 0 Å². The van der Waals surface area contributed by atoms with E-state index in [0.717, 1.165) is 24.2 Å². The van der Waals surface area contributed by atoms with E-state index in [9.17, 15) is 4.79 Å². The van der Waals surface area contributed by atoms with Gasteiger partial charge in [-0.3, -0.25) is 14.5 Å². The molecule has 0 atom stereocenters. The highest BCUT2D eigenvalue weighted by molar-refractivity contribution is 5.90. The minimum absolute atomic E-state index is 0.0243. The molecule has 3 rings (SSSR count). The normalized spacial score (nSPS) is 10.7. The second-order valence-corrected chi connectivity index (χ2v) is 6.51. The Morgan fingerprint density at radius 2 is 1.92 bits per heavy atom. The molecule has 0 bridgehead atoms. The molecule has 5 heteroatoms. The van der Waals surface area contributed by atoms with Crippen molar-refractivity contribution in [1.82, 2.24) is 14.8 Å². The van der Waals surface area contributed by atoms with Crippen LogP contribution in [0.5, 0.6) is 0 Å². The van der Waals surface area contributed by atoms with Gasteiger partial charge in [-0.25, -0.2) is 0 Å². The van der Waals surface area contributed by atoms with Gasteiger partial charge in [-0.2, -0.15) is 5.10 Å². The smallest absolute Gasteiger partial charge is 0.224 e. The van der Waals surface area contributed by atoms with Crippen LogP contribution < -0.4 is 5.32 Å². The van der Waals surface area contributed by atoms with E-state index in [-0.39, 0.29) is 5.91 Å². The summed E-state index contributed by atoms with van der Waals surface area (Å²) in [5.41, 5.74) is 6.58. The highest BCUT2D eigenvalue weighted by Gasteiger charge is 2.11. The van der Waals surface area contributed by atoms with Gasteiger partial charge in [0.15, 0.2) is 0 Å². The predicted molar refractivity (Wildman–Crippen MR) is 104 cm³/mol. The maximum Gasteiger partial charge on any atom is 0.224 e. The van der Waals surface area contributed by atoms with Gasteiger partial charge in [0.2, 0.25) is 5.91 Å². The molecule has 0 aliphatic heterocycles. The molecular formula is C21H24N4O. The van der Waals surface area contributed by atoms with E-state index in [0.29, 0.717) is 6.42 Å². The predicted octanol–water partition coefficient (Wildman–Crippen LogP) is 4.06. The summed E-state index contributed by atoms with van der Waals surface area (Å²) >= 11 is 0. The van der Waals surface area contributed by atoms with Gasteiger partial charge < -0.3 is 5.32 Å². The van der Waals surface area contributed by atoms with E-state index < -0.39 is 0 Å². The summed E-state index contributed by atoms with van der Waals surface area (Å²) in [6.07, 6.45) is 5.53. The van der Waals surface area contributed by atoms with Crippen molar-refractivity contribution in [3.8, 4) is 11.1 Å². The lowest BCUT2D eigenvalue weighted by molar-refractivity contribution is -0.116. The maximum atomic E-state index is 12.0. The number of hydrogen-bond donors (Lipinski definition) is 1. The SMILES string of the molecule is Cc1nn(C)c(C)c1-c1ccc(CCCC(=O)Nc2cccnc2)cc1. The second kappa shape index (κ2) is 7.95. The topological polar surface area (TPSA) is 59.8 Å². The number of amides is 1. The van der Waals surface area contributed by atoms with Crippen molar-refractivity contribution in [1.29, 1.82) is 0 Å². The zero-order valence-electron chi connectivity index (χ0n) is 15.5. The number of pyridine rings is 1. The number of carbonyl (C=O) groups is 1. The molecule has 1 N–H and O–H groups in total. The van der Waals surface area contributed by atoms with Crippen LogP contribution in [0.25, 0.3) is 11.1 Å². The lowest BCUT2D eigenvalue weighted by Gasteiger charge is -2.06. The van der Waals surface area contributed by atoms with Crippen LogP contribution in [0.4, 0.5) is 5.69 Å². The average Bonchev–Trinajstić information content (AvgIpc) is 2.89. The van der Waals surface area contributed by atoms with Crippen molar-refractivity contribution in [3.05, 3.63) is 65.7 Å². The Hall–Kier alpha value is -2.95. The zero-order valence-corrected chi connectivity index (χ0v) is 15.5. The largest absolute Gasteiger partial charge is 0.325 e. The van der Waals surface area contributed by atoms with Crippen molar-refractivity contribution in [2.75, 3.05) is 5.32 Å². The Labute approximate surface area is 154 Å². The Morgan fingerprint density at radius 1 is 1.15 bits per heavy atom. The Bertz CT molecular complexity index is 882. The molecular weight excluding hydrogens is 324 g/mol. The number of nitrogens with one attached hydrogen (secondary N) is 1. The van der Waals surface area contributed by atoms with Crippen LogP contribution in [0.1, 0.15) is 29.8 Å². The fourth-order valence-corrected chi connectivity index (χ4v) is 3.14. The van der Waals surface area contributed by atoms with Gasteiger partial charge in [-0.05, 0) is 49.9 Å². The van der Waals surface area contributed by atoms with Crippen LogP contribution in [0.3, 0.4) is 0 Å². The first-order valence-corrected chi connectivity index (χ1v) is 8.84. The van der Waals surface area contributed by atoms with Gasteiger partial charge in [-0.15, -0.1) is 0 Å². The molecule has 5 nitrogen and oxygen atoms in total. The van der Waals surface area contributed by atoms with Crippen LogP contribution in [-0.4, -0.2) is 20.7 Å². The number of aromatic nitrogens is 3. The minimum atomic E-state index is 0.0243. The molecule has 26 heavy (non-hydrogen) atoms. The van der Waals surface area contributed by atoms with Gasteiger partial charge in [-0.1, -0.05) is 24.3 Å². The molecule has 0 saturated carbocycles. The first kappa shape index (κ1) is 17.9. The van der Waals surface area contributed by atoms with Crippen molar-refractivity contribution in [2.45, 2.75) is 33.1 Å². The molecule has 0 aliphatic rings. The molecule has 0 radical (unpaired) electrons. The number of carbonyl (C=O) groups excluding carboxylic acids is 1. The van der Waals surface area contributed by atoms with Gasteiger partial charge in [0.25, 0.3) is 0 Å². The average molecular weight is 348 g/mol. The molecule has 0 unspecified atom stereocenters. The minimum Gasteiger partial charge on any atom is -0.325 e. The Kier molecular flexibility index (Phi) is 5.46. The molecule has 1 amide bonds. The van der Waals surface area contributed by atoms with E-state index in [1.165, 1.54) is 22.4 Å². The summed E-state index contributed by atoms with van der Waals surface area (Å²) in [5.74, 6) is 0.0243. The molecule has 134 valence electrons. The number of aryl methyl sites for hydroxylation is 3. The highest BCUT2D eigenvalue weighted by Crippen LogP contribution is 2.26. The van der Waals surface area contributed by atoms with Crippen LogP contribution >= 0.6 is 0 Å². The molecule has 0 saturated heterocycles. The highest BCUT2D eigenvalue weighted by atomic mass is 16.1. The van der Waals surface area contributed by atoms with Gasteiger partial charge in [0, 0.05) is 30.9 Å². The molecule has 2 heterocycles. The first-order valence-electron chi connectivity index (χ1n) is 8.84. The Balaban J connectivity index is 1.54. The number of rotatable bonds is 6. The summed E-state index contributed by atoms with van der Waals surface area (Å²) in [5, 5.41) is 7.34. The van der Waals surface area contributed by atoms with Crippen molar-refractivity contribution < 1.29 is 4.79 Å². The maximum absolute atomic E-state index is 12.0. The molecule has 1 aromatic carbocycles. The monoisotopic (exact) mass is 348 g/mol. The third kappa shape index (κ3) is 4.17. The molecule has 3 aromatic rings. The first-order chi connectivity index (χ1) is 12.5. The van der Waals surface area contributed by atoms with Crippen LogP contribution in [0.2, 0.25) is 0 Å². The molecule has 0 spiro atoms. The van der Waals surface area contributed by atoms with Crippen molar-refractivity contribution >= 4 is 11.6 Å². The van der Waals surface area contributed by atoms with E-state index in [2.05, 4.69) is 46.6 Å². The molecule has 0 fully saturated rings. The fourth-order valence-electron chi connectivity index (χ4n) is 3.14. The lowest BCUT2D eigenvalue weighted by atomic mass is 10.0. The zero-order chi connectivity index (χ0) is 18.5. The molecule has 0 aliphatic carbocycles. The standard InChI is InChI=1S/C21H24N4O/c1-15-21(16(2)25(3)24-15)18-11-9-17(10-12-18)6-4-8-20(26)23-19-7-5-13-22-14-19/h5,7,9-14H,4,6,8H2,1-3H3,(H,23,26). The van der Waals surface area contributed by atoms with E-state index in [1.54, 1.807) is 12.4 Å². The van der Waals surface area contributed by atoms with Gasteiger partial charge in [0.1, 0.15) is 0 Å². The molecule has 2 aromatic heterocycles. The van der Waals surface area contributed by atoms with Crippen LogP contribution in [-0.2, 0) is 18.3 Å². The summed E-state index contributed by atoms with van der Waals surface area (Å²) in [4.78, 5) is 16.0. The van der Waals surface area contributed by atoms with E-state index in [4.69, 9.17) is 0 Å². The van der Waals surface area contributed by atoms with Crippen LogP contribution in [0, 0.1) is 13.8 Å². The summed E-state index contributed by atoms with van der Waals surface area (Å²) in [7, 11) is 1.97. The van der Waals surface area contributed by atoms with Crippen molar-refractivity contribution in [2.24, 2.45) is 7.05 Å². The van der Waals surface area contributed by atoms with Crippen LogP contribution in [0.15, 0.2) is 48.8 Å². The Morgan fingerprint density at radius 3 is 2.54 bits per heavy atom. The van der Waals surface area contributed by atoms with E-state index >= 15 is 0 Å². The number of hydrogen-bond acceptors (Lipinski definition) is 3. The summed E-state index contributed by atoms with van der Waals surface area (Å²) < 4.78 is 1.92. The summed E-state index contributed by atoms with van der Waals surface area (Å²) in [6.45, 7) is 4.13. The third-order valence-electron chi connectivity index (χ3n) is 4.57. The third-order valence-corrected chi connectivity index (χ3v) is 4.57. The quantitative estimate of drug-likeness (QED) is 0.731. The lowest BCUT2D eigenvalue weighted by Crippen LogP contribution is -2.11. The number of nitrogens with zero attached hydrogens (tertiary/aromatic N) is 3. The van der Waals surface area contributed by atoms with E-state index in [1.807, 2.05) is 30.8 Å². The van der Waals surface area contributed by atoms with Crippen molar-refractivity contribution in [3.63, 3.8) is 0 Å². The fraction of sp³-hybridized carbons (Fsp3) is 0.286. The number of anilines is 1. The summed E-state index contributed by atoms with van der Waals surface area (Å²) in [6, 6.07) is 12.2. The second-order valence-electron chi connectivity index (χ2n) is 6.51.